The SMILES string of the molecule is C[C@H](C(=O)Nc1ccc(N2CCOCC2)nc1)S(C)(=O)=O. The zero-order chi connectivity index (χ0) is 15.5. The largest absolute Gasteiger partial charge is 0.378 e. The maximum Gasteiger partial charge on any atom is 0.242 e. The average Bonchev–Trinajstić information content (AvgIpc) is 2.47. The van der Waals surface area contributed by atoms with E-state index >= 15 is 0 Å². The number of rotatable bonds is 4. The number of morpholine rings is 1. The highest BCUT2D eigenvalue weighted by atomic mass is 32.2. The van der Waals surface area contributed by atoms with E-state index in [4.69, 9.17) is 4.74 Å². The number of carbonyl (C=O) groups is 1. The lowest BCUT2D eigenvalue weighted by Crippen LogP contribution is -2.36. The number of anilines is 2. The molecule has 2 rings (SSSR count). The number of pyridine rings is 1. The fourth-order valence-electron chi connectivity index (χ4n) is 1.88. The monoisotopic (exact) mass is 313 g/mol. The standard InChI is InChI=1S/C13H19N3O4S/c1-10(21(2,18)19)13(17)15-11-3-4-12(14-9-11)16-5-7-20-8-6-16/h3-4,9-10H,5-8H2,1-2H3,(H,15,17)/t10-/m1/s1. The van der Waals surface area contributed by atoms with Gasteiger partial charge in [0.05, 0.1) is 25.1 Å². The summed E-state index contributed by atoms with van der Waals surface area (Å²) in [5, 5.41) is 1.47. The van der Waals surface area contributed by atoms with Crippen LogP contribution in [0.15, 0.2) is 18.3 Å². The van der Waals surface area contributed by atoms with Gasteiger partial charge in [-0.1, -0.05) is 0 Å². The Kier molecular flexibility index (Phi) is 4.79. The third kappa shape index (κ3) is 4.15. The minimum atomic E-state index is -3.40. The molecule has 1 saturated heterocycles. The van der Waals surface area contributed by atoms with Crippen LogP contribution in [0.1, 0.15) is 6.92 Å². The molecule has 0 aromatic carbocycles. The van der Waals surface area contributed by atoms with Gasteiger partial charge in [-0.3, -0.25) is 4.79 Å². The summed E-state index contributed by atoms with van der Waals surface area (Å²) >= 11 is 0. The number of nitrogens with one attached hydrogen (secondary N) is 1. The fraction of sp³-hybridized carbons (Fsp3) is 0.538. The van der Waals surface area contributed by atoms with E-state index in [9.17, 15) is 13.2 Å². The molecule has 116 valence electrons. The second kappa shape index (κ2) is 6.40. The van der Waals surface area contributed by atoms with Gasteiger partial charge in [-0.2, -0.15) is 0 Å². The normalized spacial score (nSPS) is 17.3. The lowest BCUT2D eigenvalue weighted by atomic mass is 10.3. The summed E-state index contributed by atoms with van der Waals surface area (Å²) in [6.45, 7) is 4.27. The molecule has 1 fully saturated rings. The van der Waals surface area contributed by atoms with Crippen LogP contribution in [0.5, 0.6) is 0 Å². The summed E-state index contributed by atoms with van der Waals surface area (Å²) in [5.74, 6) is 0.255. The molecule has 1 aliphatic rings. The molecule has 1 N–H and O–H groups in total. The molecule has 0 aliphatic carbocycles. The Bertz CT molecular complexity index is 594. The number of amides is 1. The third-order valence-electron chi connectivity index (χ3n) is 3.36. The summed E-state index contributed by atoms with van der Waals surface area (Å²) in [6.07, 6.45) is 2.56. The second-order valence-electron chi connectivity index (χ2n) is 4.97. The topological polar surface area (TPSA) is 88.6 Å². The van der Waals surface area contributed by atoms with Crippen molar-refractivity contribution in [3.63, 3.8) is 0 Å². The average molecular weight is 313 g/mol. The number of sulfone groups is 1. The highest BCUT2D eigenvalue weighted by Gasteiger charge is 2.23. The van der Waals surface area contributed by atoms with E-state index in [0.717, 1.165) is 25.2 Å². The highest BCUT2D eigenvalue weighted by molar-refractivity contribution is 7.92. The number of hydrogen-bond acceptors (Lipinski definition) is 6. The number of carbonyl (C=O) groups excluding carboxylic acids is 1. The smallest absolute Gasteiger partial charge is 0.242 e. The molecule has 7 nitrogen and oxygen atoms in total. The predicted octanol–water partition coefficient (Wildman–Crippen LogP) is 0.290. The highest BCUT2D eigenvalue weighted by Crippen LogP contribution is 2.16. The Morgan fingerprint density at radius 2 is 2.05 bits per heavy atom. The van der Waals surface area contributed by atoms with E-state index in [2.05, 4.69) is 15.2 Å². The third-order valence-corrected chi connectivity index (χ3v) is 4.86. The van der Waals surface area contributed by atoms with Crippen molar-refractivity contribution < 1.29 is 17.9 Å². The van der Waals surface area contributed by atoms with Crippen molar-refractivity contribution in [1.29, 1.82) is 0 Å². The molecule has 21 heavy (non-hydrogen) atoms. The van der Waals surface area contributed by atoms with Crippen LogP contribution in [0.2, 0.25) is 0 Å². The zero-order valence-corrected chi connectivity index (χ0v) is 12.9. The molecule has 0 unspecified atom stereocenters. The predicted molar refractivity (Wildman–Crippen MR) is 80.2 cm³/mol. The van der Waals surface area contributed by atoms with E-state index in [1.54, 1.807) is 12.1 Å². The van der Waals surface area contributed by atoms with Crippen LogP contribution in [0.3, 0.4) is 0 Å². The lowest BCUT2D eigenvalue weighted by molar-refractivity contribution is -0.115. The Morgan fingerprint density at radius 3 is 2.57 bits per heavy atom. The molecule has 1 aliphatic heterocycles. The first kappa shape index (κ1) is 15.7. The van der Waals surface area contributed by atoms with Crippen molar-refractivity contribution in [3.05, 3.63) is 18.3 Å². The van der Waals surface area contributed by atoms with Crippen LogP contribution < -0.4 is 10.2 Å². The van der Waals surface area contributed by atoms with E-state index < -0.39 is 21.0 Å². The van der Waals surface area contributed by atoms with Gasteiger partial charge < -0.3 is 15.0 Å². The first-order valence-electron chi connectivity index (χ1n) is 6.66. The van der Waals surface area contributed by atoms with Crippen molar-refractivity contribution >= 4 is 27.2 Å². The van der Waals surface area contributed by atoms with Gasteiger partial charge in [0.15, 0.2) is 9.84 Å². The van der Waals surface area contributed by atoms with Crippen molar-refractivity contribution in [1.82, 2.24) is 4.98 Å². The van der Waals surface area contributed by atoms with Gasteiger partial charge in [0.25, 0.3) is 0 Å². The minimum absolute atomic E-state index is 0.479. The molecule has 1 aromatic heterocycles. The van der Waals surface area contributed by atoms with Crippen LogP contribution in [-0.2, 0) is 19.4 Å². The van der Waals surface area contributed by atoms with Crippen molar-refractivity contribution in [2.45, 2.75) is 12.2 Å². The Morgan fingerprint density at radius 1 is 1.38 bits per heavy atom. The molecule has 0 saturated carbocycles. The van der Waals surface area contributed by atoms with Crippen LogP contribution in [0, 0.1) is 0 Å². The summed E-state index contributed by atoms with van der Waals surface area (Å²) < 4.78 is 27.9. The second-order valence-corrected chi connectivity index (χ2v) is 7.33. The molecule has 1 aromatic rings. The van der Waals surface area contributed by atoms with Crippen LogP contribution >= 0.6 is 0 Å². The maximum absolute atomic E-state index is 11.8. The molecule has 8 heteroatoms. The molecule has 1 amide bonds. The van der Waals surface area contributed by atoms with Gasteiger partial charge in [0, 0.05) is 19.3 Å². The number of nitrogens with zero attached hydrogens (tertiary/aromatic N) is 2. The number of ether oxygens (including phenoxy) is 1. The molecule has 0 bridgehead atoms. The van der Waals surface area contributed by atoms with Gasteiger partial charge >= 0.3 is 0 Å². The van der Waals surface area contributed by atoms with Crippen molar-refractivity contribution in [3.8, 4) is 0 Å². The quantitative estimate of drug-likeness (QED) is 0.859. The summed E-state index contributed by atoms with van der Waals surface area (Å²) in [5.41, 5.74) is 0.479. The Hall–Kier alpha value is -1.67. The lowest BCUT2D eigenvalue weighted by Gasteiger charge is -2.27. The summed E-state index contributed by atoms with van der Waals surface area (Å²) in [7, 11) is -3.40. The first-order chi connectivity index (χ1) is 9.88. The Balaban J connectivity index is 2.00. The molecular weight excluding hydrogens is 294 g/mol. The van der Waals surface area contributed by atoms with Gasteiger partial charge in [-0.05, 0) is 19.1 Å². The number of hydrogen-bond donors (Lipinski definition) is 1. The fourth-order valence-corrected chi connectivity index (χ4v) is 2.33. The van der Waals surface area contributed by atoms with E-state index in [-0.39, 0.29) is 0 Å². The van der Waals surface area contributed by atoms with Crippen LogP contribution in [0.4, 0.5) is 11.5 Å². The van der Waals surface area contributed by atoms with Gasteiger partial charge in [-0.15, -0.1) is 0 Å². The molecule has 1 atom stereocenters. The first-order valence-corrected chi connectivity index (χ1v) is 8.62. The van der Waals surface area contributed by atoms with Crippen LogP contribution in [-0.4, -0.2) is 57.1 Å². The maximum atomic E-state index is 11.8. The van der Waals surface area contributed by atoms with E-state index in [1.165, 1.54) is 13.1 Å². The molecule has 0 radical (unpaired) electrons. The van der Waals surface area contributed by atoms with E-state index in [0.29, 0.717) is 18.9 Å². The molecule has 0 spiro atoms. The Labute approximate surface area is 124 Å². The van der Waals surface area contributed by atoms with Crippen molar-refractivity contribution in [2.24, 2.45) is 0 Å². The molecule has 2 heterocycles. The van der Waals surface area contributed by atoms with E-state index in [1.807, 2.05) is 0 Å². The van der Waals surface area contributed by atoms with Crippen molar-refractivity contribution in [2.75, 3.05) is 42.8 Å². The summed E-state index contributed by atoms with van der Waals surface area (Å²) in [6, 6.07) is 3.51. The van der Waals surface area contributed by atoms with Gasteiger partial charge in [0.1, 0.15) is 11.1 Å². The molecular formula is C13H19N3O4S. The van der Waals surface area contributed by atoms with Gasteiger partial charge in [0.2, 0.25) is 5.91 Å². The zero-order valence-electron chi connectivity index (χ0n) is 12.1. The minimum Gasteiger partial charge on any atom is -0.378 e. The van der Waals surface area contributed by atoms with Gasteiger partial charge in [-0.25, -0.2) is 13.4 Å². The number of aromatic nitrogens is 1. The van der Waals surface area contributed by atoms with Crippen LogP contribution in [0.25, 0.3) is 0 Å². The summed E-state index contributed by atoms with van der Waals surface area (Å²) in [4.78, 5) is 18.2.